The quantitative estimate of drug-likeness (QED) is 0.277. The molecule has 1 saturated heterocycles. The summed E-state index contributed by atoms with van der Waals surface area (Å²) in [6.07, 6.45) is 0. The van der Waals surface area contributed by atoms with E-state index in [0.29, 0.717) is 13.1 Å². The highest BCUT2D eigenvalue weighted by molar-refractivity contribution is 7.89. The molecule has 0 atom stereocenters. The predicted octanol–water partition coefficient (Wildman–Crippen LogP) is 4.53. The number of aromatic nitrogens is 2. The summed E-state index contributed by atoms with van der Waals surface area (Å²) in [4.78, 5) is 26.5. The molecule has 14 heteroatoms. The standard InChI is InChI=1S/C30H29F2N5O6S/c1-3-35-13-15-36(16-14-35)44(41,42)26-18-21(33-28(38)23-9-4-5-10-24(23)32)11-12-25(26)43-29-19(2)27(30(39)40)34-37(29)22-8-6-7-20(31)17-22/h4-12,17-18H,3,13-16H2,1-2H3,(H,33,38)(H,39,40). The molecule has 4 aromatic rings. The molecule has 0 spiro atoms. The van der Waals surface area contributed by atoms with Crippen LogP contribution in [0.2, 0.25) is 0 Å². The Bertz CT molecular complexity index is 1840. The van der Waals surface area contributed by atoms with Crippen LogP contribution in [0.25, 0.3) is 5.69 Å². The van der Waals surface area contributed by atoms with Gasteiger partial charge in [0.25, 0.3) is 5.91 Å². The maximum absolute atomic E-state index is 14.3. The smallest absolute Gasteiger partial charge is 0.356 e. The van der Waals surface area contributed by atoms with Gasteiger partial charge >= 0.3 is 5.97 Å². The molecule has 2 heterocycles. The van der Waals surface area contributed by atoms with E-state index in [4.69, 9.17) is 4.74 Å². The van der Waals surface area contributed by atoms with E-state index in [-0.39, 0.29) is 57.8 Å². The lowest BCUT2D eigenvalue weighted by Crippen LogP contribution is -2.48. The molecule has 3 aromatic carbocycles. The summed E-state index contributed by atoms with van der Waals surface area (Å²) in [5.41, 5.74) is -0.345. The van der Waals surface area contributed by atoms with Gasteiger partial charge in [0, 0.05) is 37.4 Å². The molecule has 1 fully saturated rings. The van der Waals surface area contributed by atoms with Crippen LogP contribution in [0.5, 0.6) is 11.6 Å². The molecule has 0 bridgehead atoms. The lowest BCUT2D eigenvalue weighted by molar-refractivity contribution is 0.0689. The van der Waals surface area contributed by atoms with Gasteiger partial charge < -0.3 is 20.1 Å². The summed E-state index contributed by atoms with van der Waals surface area (Å²) in [5.74, 6) is -3.85. The fourth-order valence-corrected chi connectivity index (χ4v) is 6.39. The number of ether oxygens (including phenoxy) is 1. The maximum atomic E-state index is 14.3. The van der Waals surface area contributed by atoms with Crippen molar-refractivity contribution in [1.29, 1.82) is 0 Å². The average molecular weight is 626 g/mol. The topological polar surface area (TPSA) is 134 Å². The van der Waals surface area contributed by atoms with Crippen molar-refractivity contribution in [3.63, 3.8) is 0 Å². The number of anilines is 1. The number of hydrogen-bond donors (Lipinski definition) is 2. The van der Waals surface area contributed by atoms with Crippen molar-refractivity contribution in [3.8, 4) is 17.3 Å². The first-order valence-electron chi connectivity index (χ1n) is 13.7. The van der Waals surface area contributed by atoms with Crippen molar-refractivity contribution < 1.29 is 36.6 Å². The van der Waals surface area contributed by atoms with Crippen LogP contribution in [0.1, 0.15) is 33.3 Å². The van der Waals surface area contributed by atoms with Gasteiger partial charge in [-0.25, -0.2) is 22.0 Å². The molecule has 11 nitrogen and oxygen atoms in total. The highest BCUT2D eigenvalue weighted by Gasteiger charge is 2.32. The van der Waals surface area contributed by atoms with E-state index in [1.807, 2.05) is 6.92 Å². The largest absolute Gasteiger partial charge is 0.476 e. The predicted molar refractivity (Wildman–Crippen MR) is 157 cm³/mol. The number of carbonyl (C=O) groups excluding carboxylic acids is 1. The van der Waals surface area contributed by atoms with Gasteiger partial charge in [-0.1, -0.05) is 25.1 Å². The molecular formula is C30H29F2N5O6S. The van der Waals surface area contributed by atoms with E-state index in [9.17, 15) is 31.9 Å². The molecular weight excluding hydrogens is 596 g/mol. The molecule has 1 aromatic heterocycles. The third-order valence-corrected chi connectivity index (χ3v) is 9.17. The van der Waals surface area contributed by atoms with Gasteiger partial charge in [0.2, 0.25) is 15.9 Å². The number of carboxylic acids is 1. The van der Waals surface area contributed by atoms with Gasteiger partial charge in [0.05, 0.1) is 11.3 Å². The van der Waals surface area contributed by atoms with Gasteiger partial charge in [-0.05, 0) is 62.0 Å². The van der Waals surface area contributed by atoms with Crippen LogP contribution in [0, 0.1) is 18.6 Å². The van der Waals surface area contributed by atoms with Crippen molar-refractivity contribution in [2.75, 3.05) is 38.0 Å². The SMILES string of the molecule is CCN1CCN(S(=O)(=O)c2cc(NC(=O)c3ccccc3F)ccc2Oc2c(C)c(C(=O)O)nn2-c2cccc(F)c2)CC1. The van der Waals surface area contributed by atoms with Crippen molar-refractivity contribution in [2.45, 2.75) is 18.7 Å². The highest BCUT2D eigenvalue weighted by Crippen LogP contribution is 2.37. The Kier molecular flexibility index (Phi) is 8.76. The summed E-state index contributed by atoms with van der Waals surface area (Å²) in [7, 11) is -4.23. The Hall–Kier alpha value is -4.66. The van der Waals surface area contributed by atoms with Crippen LogP contribution >= 0.6 is 0 Å². The molecule has 230 valence electrons. The van der Waals surface area contributed by atoms with Crippen molar-refractivity contribution in [1.82, 2.24) is 19.0 Å². The van der Waals surface area contributed by atoms with E-state index < -0.39 is 33.5 Å². The summed E-state index contributed by atoms with van der Waals surface area (Å²) < 4.78 is 64.9. The fourth-order valence-electron chi connectivity index (χ4n) is 4.83. The number of sulfonamides is 1. The molecule has 1 amide bonds. The molecule has 0 saturated carbocycles. The molecule has 44 heavy (non-hydrogen) atoms. The van der Waals surface area contributed by atoms with E-state index in [2.05, 4.69) is 15.3 Å². The number of hydrogen-bond acceptors (Lipinski definition) is 7. The summed E-state index contributed by atoms with van der Waals surface area (Å²) in [6.45, 7) is 5.58. The second-order valence-corrected chi connectivity index (χ2v) is 11.9. The van der Waals surface area contributed by atoms with Gasteiger partial charge in [0.15, 0.2) is 5.69 Å². The zero-order valence-corrected chi connectivity index (χ0v) is 24.6. The molecule has 5 rings (SSSR count). The summed E-state index contributed by atoms with van der Waals surface area (Å²) >= 11 is 0. The Morgan fingerprint density at radius 2 is 1.73 bits per heavy atom. The number of benzene rings is 3. The molecule has 0 aliphatic carbocycles. The van der Waals surface area contributed by atoms with Crippen molar-refractivity contribution in [3.05, 3.63) is 95.2 Å². The van der Waals surface area contributed by atoms with Crippen molar-refractivity contribution in [2.24, 2.45) is 0 Å². The number of rotatable bonds is 9. The molecule has 0 unspecified atom stereocenters. The zero-order chi connectivity index (χ0) is 31.6. The highest BCUT2D eigenvalue weighted by atomic mass is 32.2. The van der Waals surface area contributed by atoms with Gasteiger partial charge in [-0.15, -0.1) is 0 Å². The number of nitrogens with zero attached hydrogens (tertiary/aromatic N) is 4. The second kappa shape index (κ2) is 12.5. The third kappa shape index (κ3) is 6.18. The monoisotopic (exact) mass is 625 g/mol. The second-order valence-electron chi connectivity index (χ2n) is 10.0. The molecule has 0 radical (unpaired) electrons. The third-order valence-electron chi connectivity index (χ3n) is 7.25. The Balaban J connectivity index is 1.60. The maximum Gasteiger partial charge on any atom is 0.356 e. The van der Waals surface area contributed by atoms with E-state index in [1.165, 1.54) is 65.8 Å². The number of halogens is 2. The minimum absolute atomic E-state index is 0.0537. The number of likely N-dealkylation sites (N-methyl/N-ethyl adjacent to an activating group) is 1. The van der Waals surface area contributed by atoms with Gasteiger partial charge in [-0.3, -0.25) is 4.79 Å². The first-order chi connectivity index (χ1) is 21.0. The van der Waals surface area contributed by atoms with Gasteiger partial charge in [0.1, 0.15) is 22.3 Å². The Morgan fingerprint density at radius 1 is 1.00 bits per heavy atom. The number of piperazine rings is 1. The number of amides is 1. The van der Waals surface area contributed by atoms with Crippen LogP contribution in [-0.2, 0) is 10.0 Å². The van der Waals surface area contributed by atoms with Crippen LogP contribution in [0.3, 0.4) is 0 Å². The fraction of sp³-hybridized carbons (Fsp3) is 0.233. The van der Waals surface area contributed by atoms with Crippen LogP contribution < -0.4 is 10.1 Å². The first-order valence-corrected chi connectivity index (χ1v) is 15.1. The van der Waals surface area contributed by atoms with E-state index >= 15 is 0 Å². The first kappa shape index (κ1) is 30.8. The van der Waals surface area contributed by atoms with Crippen LogP contribution in [0.4, 0.5) is 14.5 Å². The number of aromatic carboxylic acids is 1. The number of carbonyl (C=O) groups is 2. The number of nitrogens with one attached hydrogen (secondary N) is 1. The van der Waals surface area contributed by atoms with Gasteiger partial charge in [-0.2, -0.15) is 14.1 Å². The van der Waals surface area contributed by atoms with Crippen LogP contribution in [0.15, 0.2) is 71.6 Å². The summed E-state index contributed by atoms with van der Waals surface area (Å²) in [5, 5.41) is 16.3. The average Bonchev–Trinajstić information content (AvgIpc) is 3.33. The summed E-state index contributed by atoms with van der Waals surface area (Å²) in [6, 6.07) is 14.5. The molecule has 1 aliphatic rings. The van der Waals surface area contributed by atoms with E-state index in [1.54, 1.807) is 0 Å². The van der Waals surface area contributed by atoms with E-state index in [0.717, 1.165) is 23.4 Å². The van der Waals surface area contributed by atoms with Crippen LogP contribution in [-0.4, -0.2) is 77.1 Å². The zero-order valence-electron chi connectivity index (χ0n) is 23.8. The minimum Gasteiger partial charge on any atom is -0.476 e. The normalized spacial score (nSPS) is 14.4. The lowest BCUT2D eigenvalue weighted by atomic mass is 10.2. The number of carboxylic acid groups (broad SMARTS) is 1. The minimum atomic E-state index is -4.23. The molecule has 2 N–H and O–H groups in total. The Morgan fingerprint density at radius 3 is 2.39 bits per heavy atom. The Labute approximate surface area is 252 Å². The van der Waals surface area contributed by atoms with Crippen molar-refractivity contribution >= 4 is 27.6 Å². The lowest BCUT2D eigenvalue weighted by Gasteiger charge is -2.33. The molecule has 1 aliphatic heterocycles.